The van der Waals surface area contributed by atoms with Crippen LogP contribution in [0.5, 0.6) is 0 Å². The molecule has 2 atom stereocenters. The quantitative estimate of drug-likeness (QED) is 0.258. The first-order chi connectivity index (χ1) is 11.2. The predicted octanol–water partition coefficient (Wildman–Crippen LogP) is 7.99. The third-order valence-electron chi connectivity index (χ3n) is 4.86. The van der Waals surface area contributed by atoms with Gasteiger partial charge in [0.15, 0.2) is 0 Å². The number of unbranched alkanes of at least 4 members (excludes halogenated alkanes) is 9. The van der Waals surface area contributed by atoms with Crippen LogP contribution in [-0.4, -0.2) is 0 Å². The van der Waals surface area contributed by atoms with Crippen LogP contribution in [0.2, 0.25) is 0 Å². The fourth-order valence-electron chi connectivity index (χ4n) is 3.29. The number of hydrogen-bond donors (Lipinski definition) is 1. The van der Waals surface area contributed by atoms with Gasteiger partial charge in [0.1, 0.15) is 0 Å². The van der Waals surface area contributed by atoms with Crippen LogP contribution in [0.25, 0.3) is 0 Å². The molecule has 0 aliphatic rings. The maximum atomic E-state index is 4.78. The molecule has 1 aromatic rings. The number of thiol groups is 1. The lowest BCUT2D eigenvalue weighted by Crippen LogP contribution is -2.00. The van der Waals surface area contributed by atoms with Crippen LogP contribution >= 0.6 is 12.6 Å². The molecule has 0 fully saturated rings. The maximum Gasteiger partial charge on any atom is 0.0269 e. The van der Waals surface area contributed by atoms with E-state index >= 15 is 0 Å². The highest BCUT2D eigenvalue weighted by molar-refractivity contribution is 7.80. The van der Waals surface area contributed by atoms with Gasteiger partial charge in [-0.3, -0.25) is 0 Å². The zero-order chi connectivity index (χ0) is 16.8. The van der Waals surface area contributed by atoms with E-state index in [1.165, 1.54) is 82.6 Å². The highest BCUT2D eigenvalue weighted by Gasteiger charge is 2.11. The topological polar surface area (TPSA) is 0 Å². The Labute approximate surface area is 150 Å². The van der Waals surface area contributed by atoms with Crippen molar-refractivity contribution in [1.82, 2.24) is 0 Å². The molecular formula is C22H38S. The molecule has 0 saturated carbocycles. The van der Waals surface area contributed by atoms with E-state index in [1.807, 2.05) is 0 Å². The van der Waals surface area contributed by atoms with Gasteiger partial charge in [-0.2, -0.15) is 12.6 Å². The van der Waals surface area contributed by atoms with Crippen LogP contribution < -0.4 is 0 Å². The first-order valence-corrected chi connectivity index (χ1v) is 10.5. The predicted molar refractivity (Wildman–Crippen MR) is 108 cm³/mol. The Morgan fingerprint density at radius 3 is 1.87 bits per heavy atom. The van der Waals surface area contributed by atoms with Crippen molar-refractivity contribution in [2.75, 3.05) is 0 Å². The second-order valence-corrected chi connectivity index (χ2v) is 7.86. The van der Waals surface area contributed by atoms with E-state index in [9.17, 15) is 0 Å². The Balaban J connectivity index is 1.95. The third kappa shape index (κ3) is 10.9. The summed E-state index contributed by atoms with van der Waals surface area (Å²) in [6.07, 6.45) is 16.8. The van der Waals surface area contributed by atoms with E-state index in [1.54, 1.807) is 0 Å². The molecule has 1 rings (SSSR count). The lowest BCUT2D eigenvalue weighted by atomic mass is 9.95. The monoisotopic (exact) mass is 334 g/mol. The van der Waals surface area contributed by atoms with Crippen molar-refractivity contribution >= 4 is 12.6 Å². The zero-order valence-corrected chi connectivity index (χ0v) is 16.4. The first-order valence-electron chi connectivity index (χ1n) is 9.97. The van der Waals surface area contributed by atoms with Crippen LogP contribution in [0.15, 0.2) is 30.3 Å². The number of benzene rings is 1. The fourth-order valence-corrected chi connectivity index (χ4v) is 3.82. The lowest BCUT2D eigenvalue weighted by molar-refractivity contribution is 0.452. The molecule has 0 aliphatic heterocycles. The van der Waals surface area contributed by atoms with Gasteiger partial charge in [0.05, 0.1) is 0 Å². The van der Waals surface area contributed by atoms with Gasteiger partial charge in [0.25, 0.3) is 0 Å². The number of rotatable bonds is 14. The molecule has 0 nitrogen and oxygen atoms in total. The smallest absolute Gasteiger partial charge is 0.0269 e. The molecule has 0 saturated heterocycles. The fraction of sp³-hybridized carbons (Fsp3) is 0.727. The van der Waals surface area contributed by atoms with Gasteiger partial charge in [-0.1, -0.05) is 115 Å². The molecule has 0 N–H and O–H groups in total. The van der Waals surface area contributed by atoms with E-state index in [2.05, 4.69) is 44.2 Å². The molecule has 0 spiro atoms. The molecular weight excluding hydrogens is 296 g/mol. The van der Waals surface area contributed by atoms with E-state index in [-0.39, 0.29) is 0 Å². The summed E-state index contributed by atoms with van der Waals surface area (Å²) in [5.74, 6) is 0.784. The molecule has 2 unspecified atom stereocenters. The van der Waals surface area contributed by atoms with Crippen molar-refractivity contribution < 1.29 is 0 Å². The van der Waals surface area contributed by atoms with Crippen molar-refractivity contribution in [2.45, 2.75) is 96.1 Å². The van der Waals surface area contributed by atoms with Gasteiger partial charge in [0.2, 0.25) is 0 Å². The molecule has 0 aliphatic carbocycles. The summed E-state index contributed by atoms with van der Waals surface area (Å²) in [6.45, 7) is 4.68. The van der Waals surface area contributed by atoms with Gasteiger partial charge >= 0.3 is 0 Å². The van der Waals surface area contributed by atoms with Gasteiger partial charge in [-0.15, -0.1) is 0 Å². The summed E-state index contributed by atoms with van der Waals surface area (Å²) < 4.78 is 0. The molecule has 0 aromatic heterocycles. The largest absolute Gasteiger partial charge is 0.171 e. The molecule has 23 heavy (non-hydrogen) atoms. The summed E-state index contributed by atoms with van der Waals surface area (Å²) in [5, 5.41) is 0.398. The van der Waals surface area contributed by atoms with Gasteiger partial charge in [-0.25, -0.2) is 0 Å². The Morgan fingerprint density at radius 1 is 0.783 bits per heavy atom. The molecule has 0 heterocycles. The van der Waals surface area contributed by atoms with Crippen LogP contribution in [-0.2, 0) is 0 Å². The molecule has 1 heteroatoms. The summed E-state index contributed by atoms with van der Waals surface area (Å²) in [7, 11) is 0. The minimum absolute atomic E-state index is 0.398. The van der Waals surface area contributed by atoms with Crippen molar-refractivity contribution in [3.63, 3.8) is 0 Å². The minimum atomic E-state index is 0.398. The van der Waals surface area contributed by atoms with Crippen LogP contribution in [0.3, 0.4) is 0 Å². The summed E-state index contributed by atoms with van der Waals surface area (Å²) in [4.78, 5) is 0. The van der Waals surface area contributed by atoms with Gasteiger partial charge < -0.3 is 0 Å². The van der Waals surface area contributed by atoms with E-state index in [4.69, 9.17) is 12.6 Å². The van der Waals surface area contributed by atoms with Crippen molar-refractivity contribution in [2.24, 2.45) is 5.92 Å². The van der Waals surface area contributed by atoms with E-state index in [0.717, 1.165) is 5.92 Å². The molecule has 132 valence electrons. The van der Waals surface area contributed by atoms with Crippen molar-refractivity contribution in [3.05, 3.63) is 35.9 Å². The average molecular weight is 335 g/mol. The molecule has 0 amide bonds. The summed E-state index contributed by atoms with van der Waals surface area (Å²) >= 11 is 4.78. The van der Waals surface area contributed by atoms with Gasteiger partial charge in [-0.05, 0) is 17.9 Å². The summed E-state index contributed by atoms with van der Waals surface area (Å²) in [5.41, 5.74) is 1.37. The highest BCUT2D eigenvalue weighted by Crippen LogP contribution is 2.29. The lowest BCUT2D eigenvalue weighted by Gasteiger charge is -2.17. The highest BCUT2D eigenvalue weighted by atomic mass is 32.1. The van der Waals surface area contributed by atoms with Gasteiger partial charge in [0, 0.05) is 5.25 Å². The van der Waals surface area contributed by atoms with Crippen molar-refractivity contribution in [3.8, 4) is 0 Å². The molecule has 1 aromatic carbocycles. The molecule has 0 radical (unpaired) electrons. The third-order valence-corrected chi connectivity index (χ3v) is 5.37. The van der Waals surface area contributed by atoms with Crippen molar-refractivity contribution in [1.29, 1.82) is 0 Å². The number of hydrogen-bond acceptors (Lipinski definition) is 1. The van der Waals surface area contributed by atoms with Crippen LogP contribution in [0.4, 0.5) is 0 Å². The maximum absolute atomic E-state index is 4.78. The van der Waals surface area contributed by atoms with E-state index in [0.29, 0.717) is 5.25 Å². The Hall–Kier alpha value is -0.430. The van der Waals surface area contributed by atoms with Crippen LogP contribution in [0.1, 0.15) is 102 Å². The Bertz CT molecular complexity index is 359. The SMILES string of the molecule is CCCCCCCCCCCCC(C)CC(S)c1ccccc1. The second kappa shape index (κ2) is 14.0. The molecule has 0 bridgehead atoms. The average Bonchev–Trinajstić information content (AvgIpc) is 2.57. The standard InChI is InChI=1S/C22H38S/c1-3-4-5-6-7-8-9-10-11-13-16-20(2)19-22(23)21-17-14-12-15-18-21/h12,14-15,17-18,20,22-23H,3-11,13,16,19H2,1-2H3. The zero-order valence-electron chi connectivity index (χ0n) is 15.5. The summed E-state index contributed by atoms with van der Waals surface area (Å²) in [6, 6.07) is 10.7. The minimum Gasteiger partial charge on any atom is -0.171 e. The first kappa shape index (κ1) is 20.6. The van der Waals surface area contributed by atoms with Crippen LogP contribution in [0, 0.1) is 5.92 Å². The second-order valence-electron chi connectivity index (χ2n) is 7.24. The normalized spacial score (nSPS) is 13.9. The van der Waals surface area contributed by atoms with E-state index < -0.39 is 0 Å². The Morgan fingerprint density at radius 2 is 1.30 bits per heavy atom. The Kier molecular flexibility index (Phi) is 12.5.